The van der Waals surface area contributed by atoms with Crippen LogP contribution in [0.25, 0.3) is 0 Å². The smallest absolute Gasteiger partial charge is 0.220 e. The molecule has 0 heterocycles. The average Bonchev–Trinajstić information content (AvgIpc) is 3.40. The molecule has 422 valence electrons. The van der Waals surface area contributed by atoms with Crippen molar-refractivity contribution in [3.05, 3.63) is 97.2 Å². The number of rotatable bonds is 58. The maximum atomic E-state index is 12.5. The van der Waals surface area contributed by atoms with Gasteiger partial charge in [-0.25, -0.2) is 0 Å². The first-order chi connectivity index (χ1) is 36.2. The van der Waals surface area contributed by atoms with E-state index in [1.807, 2.05) is 0 Å². The Labute approximate surface area is 455 Å². The van der Waals surface area contributed by atoms with Crippen LogP contribution < -0.4 is 5.32 Å². The largest absolute Gasteiger partial charge is 0.394 e. The van der Waals surface area contributed by atoms with Crippen LogP contribution in [-0.4, -0.2) is 34.9 Å². The lowest BCUT2D eigenvalue weighted by molar-refractivity contribution is -0.123. The number of carbonyl (C=O) groups is 1. The molecule has 4 heteroatoms. The Morgan fingerprint density at radius 3 is 0.904 bits per heavy atom. The third kappa shape index (κ3) is 60.1. The van der Waals surface area contributed by atoms with Crippen LogP contribution in [0.5, 0.6) is 0 Å². The van der Waals surface area contributed by atoms with Crippen molar-refractivity contribution in [3.8, 4) is 0 Å². The number of carbonyl (C=O) groups excluding carboxylic acids is 1. The predicted octanol–water partition coefficient (Wildman–Crippen LogP) is 21.6. The lowest BCUT2D eigenvalue weighted by atomic mass is 10.0. The third-order valence-electron chi connectivity index (χ3n) is 14.4. The highest BCUT2D eigenvalue weighted by atomic mass is 16.3. The molecule has 0 saturated carbocycles. The van der Waals surface area contributed by atoms with Gasteiger partial charge < -0.3 is 15.5 Å². The van der Waals surface area contributed by atoms with E-state index >= 15 is 0 Å². The van der Waals surface area contributed by atoms with Crippen LogP contribution in [0.2, 0.25) is 0 Å². The molecule has 0 aromatic heterocycles. The molecule has 0 aromatic carbocycles. The van der Waals surface area contributed by atoms with Gasteiger partial charge in [0, 0.05) is 6.42 Å². The Balaban J connectivity index is 3.48. The molecule has 2 atom stereocenters. The van der Waals surface area contributed by atoms with Crippen molar-refractivity contribution in [2.75, 3.05) is 6.61 Å². The second-order valence-corrected chi connectivity index (χ2v) is 21.5. The van der Waals surface area contributed by atoms with E-state index in [1.165, 1.54) is 212 Å². The summed E-state index contributed by atoms with van der Waals surface area (Å²) in [6, 6.07) is -0.541. The van der Waals surface area contributed by atoms with Gasteiger partial charge in [-0.3, -0.25) is 4.79 Å². The molecule has 0 rings (SSSR count). The first-order valence-corrected chi connectivity index (χ1v) is 31.9. The van der Waals surface area contributed by atoms with Gasteiger partial charge in [-0.05, 0) is 77.0 Å². The highest BCUT2D eigenvalue weighted by Gasteiger charge is 2.20. The fourth-order valence-corrected chi connectivity index (χ4v) is 9.56. The summed E-state index contributed by atoms with van der Waals surface area (Å²) in [5.41, 5.74) is 0. The van der Waals surface area contributed by atoms with Gasteiger partial charge in [-0.2, -0.15) is 0 Å². The lowest BCUT2D eigenvalue weighted by Gasteiger charge is -2.22. The van der Waals surface area contributed by atoms with Crippen molar-refractivity contribution < 1.29 is 15.0 Å². The standard InChI is InChI=1S/C69H123NO3/c1-3-5-7-9-11-13-15-17-19-21-23-25-26-27-28-29-30-31-32-33-34-35-36-37-38-39-40-41-42-43-44-45-47-49-51-53-55-57-59-61-63-65-69(73)70-67(66-71)68(72)64-62-60-58-56-54-52-50-48-46-24-22-20-18-16-14-12-10-8-6-4-2/h5,7,11,13,17,19,23,25,27-28,30-31,33-34,36-37,67-68,71-72H,3-4,6,8-10,12,14-16,18,20-22,24,26,29,32,35,38-66H2,1-2H3,(H,70,73)/b7-5-,13-11-,19-17-,25-23-,28-27-,31-30-,34-33-,37-36-. The van der Waals surface area contributed by atoms with E-state index in [9.17, 15) is 15.0 Å². The fourth-order valence-electron chi connectivity index (χ4n) is 9.56. The minimum atomic E-state index is -0.663. The summed E-state index contributed by atoms with van der Waals surface area (Å²) in [5, 5.41) is 23.4. The number of unbranched alkanes of at least 4 members (excludes halogenated alkanes) is 35. The summed E-state index contributed by atoms with van der Waals surface area (Å²) in [6.07, 6.45) is 94.2. The molecular formula is C69H123NO3. The maximum Gasteiger partial charge on any atom is 0.220 e. The summed E-state index contributed by atoms with van der Waals surface area (Å²) in [6.45, 7) is 4.27. The zero-order valence-electron chi connectivity index (χ0n) is 48.6. The number of allylic oxidation sites excluding steroid dienone is 16. The van der Waals surface area contributed by atoms with Crippen molar-refractivity contribution >= 4 is 5.91 Å². The molecule has 4 nitrogen and oxygen atoms in total. The van der Waals surface area contributed by atoms with Gasteiger partial charge in [0.25, 0.3) is 0 Å². The highest BCUT2D eigenvalue weighted by Crippen LogP contribution is 2.18. The first kappa shape index (κ1) is 70.3. The number of hydrogen-bond donors (Lipinski definition) is 3. The average molecular weight is 1010 g/mol. The second kappa shape index (κ2) is 63.6. The Morgan fingerprint density at radius 1 is 0.342 bits per heavy atom. The summed E-state index contributed by atoms with van der Waals surface area (Å²) in [5.74, 6) is -0.0298. The fraction of sp³-hybridized carbons (Fsp3) is 0.754. The van der Waals surface area contributed by atoms with E-state index in [-0.39, 0.29) is 12.5 Å². The number of hydrogen-bond acceptors (Lipinski definition) is 3. The van der Waals surface area contributed by atoms with Crippen LogP contribution in [-0.2, 0) is 4.79 Å². The predicted molar refractivity (Wildman–Crippen MR) is 326 cm³/mol. The SMILES string of the molecule is CC/C=C\C/C=C\C/C=C\C/C=C\C/C=C\C/C=C\C/C=C\C/C=C\CCCCCCCCCCCCCCCCCCC(=O)NC(CO)C(O)CCCCCCCCCCCCCCCCCCCCCC. The van der Waals surface area contributed by atoms with E-state index in [0.717, 1.165) is 77.0 Å². The normalized spacial score (nSPS) is 13.4. The molecule has 3 N–H and O–H groups in total. The molecule has 0 fully saturated rings. The molecule has 0 aliphatic rings. The van der Waals surface area contributed by atoms with Gasteiger partial charge >= 0.3 is 0 Å². The van der Waals surface area contributed by atoms with E-state index in [1.54, 1.807) is 0 Å². The molecular weight excluding hydrogens is 891 g/mol. The lowest BCUT2D eigenvalue weighted by Crippen LogP contribution is -2.45. The number of aliphatic hydroxyl groups excluding tert-OH is 2. The van der Waals surface area contributed by atoms with Crippen molar-refractivity contribution in [2.24, 2.45) is 0 Å². The topological polar surface area (TPSA) is 69.6 Å². The van der Waals surface area contributed by atoms with Crippen LogP contribution in [0.4, 0.5) is 0 Å². The van der Waals surface area contributed by atoms with Crippen LogP contribution in [0, 0.1) is 0 Å². The van der Waals surface area contributed by atoms with Crippen molar-refractivity contribution in [2.45, 2.75) is 328 Å². The summed E-state index contributed by atoms with van der Waals surface area (Å²) in [4.78, 5) is 12.5. The molecule has 2 unspecified atom stereocenters. The Hall–Kier alpha value is -2.69. The van der Waals surface area contributed by atoms with Gasteiger partial charge in [0.2, 0.25) is 5.91 Å². The van der Waals surface area contributed by atoms with Crippen LogP contribution in [0.15, 0.2) is 97.2 Å². The van der Waals surface area contributed by atoms with Gasteiger partial charge in [0.05, 0.1) is 18.8 Å². The highest BCUT2D eigenvalue weighted by molar-refractivity contribution is 5.76. The quantitative estimate of drug-likeness (QED) is 0.0420. The van der Waals surface area contributed by atoms with Gasteiger partial charge in [-0.1, -0.05) is 329 Å². The van der Waals surface area contributed by atoms with Gasteiger partial charge in [0.1, 0.15) is 0 Å². The molecule has 73 heavy (non-hydrogen) atoms. The minimum Gasteiger partial charge on any atom is -0.394 e. The zero-order valence-corrected chi connectivity index (χ0v) is 48.6. The Morgan fingerprint density at radius 2 is 0.603 bits per heavy atom. The Bertz CT molecular complexity index is 1330. The molecule has 0 aliphatic heterocycles. The molecule has 0 bridgehead atoms. The minimum absolute atomic E-state index is 0.0298. The van der Waals surface area contributed by atoms with Crippen LogP contribution in [0.1, 0.15) is 316 Å². The Kier molecular flexibility index (Phi) is 61.3. The molecule has 1 amide bonds. The van der Waals surface area contributed by atoms with Gasteiger partial charge in [0.15, 0.2) is 0 Å². The van der Waals surface area contributed by atoms with E-state index in [2.05, 4.69) is 116 Å². The van der Waals surface area contributed by atoms with E-state index in [4.69, 9.17) is 0 Å². The molecule has 0 radical (unpaired) electrons. The number of nitrogens with one attached hydrogen (secondary N) is 1. The summed E-state index contributed by atoms with van der Waals surface area (Å²) < 4.78 is 0. The molecule has 0 aliphatic carbocycles. The van der Waals surface area contributed by atoms with Crippen LogP contribution >= 0.6 is 0 Å². The maximum absolute atomic E-state index is 12.5. The second-order valence-electron chi connectivity index (χ2n) is 21.5. The molecule has 0 spiro atoms. The summed E-state index contributed by atoms with van der Waals surface area (Å²) >= 11 is 0. The first-order valence-electron chi connectivity index (χ1n) is 31.9. The summed E-state index contributed by atoms with van der Waals surface area (Å²) in [7, 11) is 0. The molecule has 0 aromatic rings. The monoisotopic (exact) mass is 1010 g/mol. The molecule has 0 saturated heterocycles. The van der Waals surface area contributed by atoms with E-state index < -0.39 is 12.1 Å². The number of aliphatic hydroxyl groups is 2. The third-order valence-corrected chi connectivity index (χ3v) is 14.4. The number of amides is 1. The van der Waals surface area contributed by atoms with Gasteiger partial charge in [-0.15, -0.1) is 0 Å². The zero-order chi connectivity index (χ0) is 52.7. The van der Waals surface area contributed by atoms with Crippen molar-refractivity contribution in [1.82, 2.24) is 5.32 Å². The van der Waals surface area contributed by atoms with Crippen molar-refractivity contribution in [1.29, 1.82) is 0 Å². The van der Waals surface area contributed by atoms with Crippen LogP contribution in [0.3, 0.4) is 0 Å². The van der Waals surface area contributed by atoms with Crippen molar-refractivity contribution in [3.63, 3.8) is 0 Å². The van der Waals surface area contributed by atoms with E-state index in [0.29, 0.717) is 12.8 Å².